The lowest BCUT2D eigenvalue weighted by atomic mass is 9.88. The minimum absolute atomic E-state index is 0.254. The first-order valence-electron chi connectivity index (χ1n) is 7.05. The highest BCUT2D eigenvalue weighted by molar-refractivity contribution is 5.43. The molecule has 1 aliphatic rings. The standard InChI is InChI=1S/C16H21N3O/c1-19-10-9-18-15(19)6-8-16(17)7-5-12-3-4-13(20-2)11-14(12)16/h3-4,9-11H,5-8,17H2,1-2H3. The Morgan fingerprint density at radius 2 is 2.30 bits per heavy atom. The van der Waals surface area contributed by atoms with Crippen molar-refractivity contribution < 1.29 is 4.74 Å². The summed E-state index contributed by atoms with van der Waals surface area (Å²) in [4.78, 5) is 4.38. The zero-order valence-corrected chi connectivity index (χ0v) is 12.1. The van der Waals surface area contributed by atoms with E-state index in [4.69, 9.17) is 10.5 Å². The number of fused-ring (bicyclic) bond motifs is 1. The molecule has 0 aliphatic heterocycles. The summed E-state index contributed by atoms with van der Waals surface area (Å²) in [7, 11) is 3.72. The summed E-state index contributed by atoms with van der Waals surface area (Å²) in [6.45, 7) is 0. The van der Waals surface area contributed by atoms with Gasteiger partial charge in [-0.2, -0.15) is 0 Å². The van der Waals surface area contributed by atoms with E-state index < -0.39 is 0 Å². The van der Waals surface area contributed by atoms with Crippen molar-refractivity contribution in [1.82, 2.24) is 9.55 Å². The zero-order chi connectivity index (χ0) is 14.2. The van der Waals surface area contributed by atoms with Crippen LogP contribution in [0.3, 0.4) is 0 Å². The zero-order valence-electron chi connectivity index (χ0n) is 12.1. The molecule has 1 atom stereocenters. The second-order valence-corrected chi connectivity index (χ2v) is 5.63. The van der Waals surface area contributed by atoms with Gasteiger partial charge in [0.2, 0.25) is 0 Å². The molecule has 1 heterocycles. The van der Waals surface area contributed by atoms with Crippen LogP contribution in [0.15, 0.2) is 30.6 Å². The fraction of sp³-hybridized carbons (Fsp3) is 0.438. The first-order chi connectivity index (χ1) is 9.62. The number of rotatable bonds is 4. The summed E-state index contributed by atoms with van der Waals surface area (Å²) < 4.78 is 7.39. The van der Waals surface area contributed by atoms with Crippen molar-refractivity contribution in [3.05, 3.63) is 47.5 Å². The van der Waals surface area contributed by atoms with Crippen molar-refractivity contribution in [1.29, 1.82) is 0 Å². The van der Waals surface area contributed by atoms with Gasteiger partial charge < -0.3 is 15.0 Å². The Labute approximate surface area is 119 Å². The summed E-state index contributed by atoms with van der Waals surface area (Å²) in [5, 5.41) is 0. The van der Waals surface area contributed by atoms with Gasteiger partial charge in [0.25, 0.3) is 0 Å². The molecular formula is C16H21N3O. The minimum Gasteiger partial charge on any atom is -0.497 e. The van der Waals surface area contributed by atoms with Crippen LogP contribution < -0.4 is 10.5 Å². The van der Waals surface area contributed by atoms with E-state index in [0.717, 1.165) is 37.3 Å². The molecule has 3 rings (SSSR count). The van der Waals surface area contributed by atoms with Gasteiger partial charge in [0, 0.05) is 31.4 Å². The molecule has 4 nitrogen and oxygen atoms in total. The molecule has 0 bridgehead atoms. The summed E-state index contributed by atoms with van der Waals surface area (Å²) >= 11 is 0. The Morgan fingerprint density at radius 3 is 3.00 bits per heavy atom. The Morgan fingerprint density at radius 1 is 1.45 bits per heavy atom. The lowest BCUT2D eigenvalue weighted by Gasteiger charge is -2.25. The molecule has 106 valence electrons. The summed E-state index contributed by atoms with van der Waals surface area (Å²) in [5.41, 5.74) is 9.01. The van der Waals surface area contributed by atoms with E-state index >= 15 is 0 Å². The van der Waals surface area contributed by atoms with Gasteiger partial charge in [0.15, 0.2) is 0 Å². The van der Waals surface area contributed by atoms with Gasteiger partial charge in [0.05, 0.1) is 7.11 Å². The van der Waals surface area contributed by atoms with Crippen molar-refractivity contribution in [2.75, 3.05) is 7.11 Å². The number of ether oxygens (including phenoxy) is 1. The molecule has 0 amide bonds. The third kappa shape index (κ3) is 2.20. The second-order valence-electron chi connectivity index (χ2n) is 5.63. The lowest BCUT2D eigenvalue weighted by molar-refractivity contribution is 0.392. The largest absolute Gasteiger partial charge is 0.497 e. The molecule has 0 spiro atoms. The molecule has 20 heavy (non-hydrogen) atoms. The summed E-state index contributed by atoms with van der Waals surface area (Å²) in [6.07, 6.45) is 7.68. The number of hydrogen-bond donors (Lipinski definition) is 1. The maximum absolute atomic E-state index is 6.67. The van der Waals surface area contributed by atoms with Gasteiger partial charge in [-0.05, 0) is 42.5 Å². The number of nitrogens with zero attached hydrogens (tertiary/aromatic N) is 2. The lowest BCUT2D eigenvalue weighted by Crippen LogP contribution is -2.35. The molecular weight excluding hydrogens is 250 g/mol. The molecule has 0 saturated carbocycles. The van der Waals surface area contributed by atoms with E-state index in [0.29, 0.717) is 0 Å². The second kappa shape index (κ2) is 4.94. The quantitative estimate of drug-likeness (QED) is 0.927. The van der Waals surface area contributed by atoms with Crippen LogP contribution in [-0.2, 0) is 25.4 Å². The molecule has 0 radical (unpaired) electrons. The number of nitrogens with two attached hydrogens (primary N) is 1. The van der Waals surface area contributed by atoms with Crippen molar-refractivity contribution >= 4 is 0 Å². The fourth-order valence-corrected chi connectivity index (χ4v) is 3.09. The van der Waals surface area contributed by atoms with Crippen molar-refractivity contribution in [3.63, 3.8) is 0 Å². The smallest absolute Gasteiger partial charge is 0.119 e. The van der Waals surface area contributed by atoms with Crippen molar-refractivity contribution in [2.45, 2.75) is 31.2 Å². The van der Waals surface area contributed by atoms with Gasteiger partial charge in [-0.25, -0.2) is 4.98 Å². The predicted molar refractivity (Wildman–Crippen MR) is 78.7 cm³/mol. The highest BCUT2D eigenvalue weighted by Gasteiger charge is 2.35. The Kier molecular flexibility index (Phi) is 3.26. The molecule has 0 fully saturated rings. The van der Waals surface area contributed by atoms with E-state index in [1.807, 2.05) is 25.5 Å². The predicted octanol–water partition coefficient (Wildman–Crippen LogP) is 2.16. The Hall–Kier alpha value is -1.81. The van der Waals surface area contributed by atoms with Crippen LogP contribution >= 0.6 is 0 Å². The van der Waals surface area contributed by atoms with Gasteiger partial charge >= 0.3 is 0 Å². The average molecular weight is 271 g/mol. The maximum atomic E-state index is 6.67. The molecule has 2 N–H and O–H groups in total. The molecule has 1 aliphatic carbocycles. The molecule has 0 saturated heterocycles. The highest BCUT2D eigenvalue weighted by Crippen LogP contribution is 2.39. The van der Waals surface area contributed by atoms with Gasteiger partial charge in [-0.1, -0.05) is 6.07 Å². The molecule has 2 aromatic rings. The first kappa shape index (κ1) is 13.2. The number of imidazole rings is 1. The minimum atomic E-state index is -0.254. The van der Waals surface area contributed by atoms with Crippen LogP contribution in [0.4, 0.5) is 0 Å². The number of aromatic nitrogens is 2. The van der Waals surface area contributed by atoms with E-state index in [9.17, 15) is 0 Å². The third-order valence-electron chi connectivity index (χ3n) is 4.41. The van der Waals surface area contributed by atoms with Gasteiger partial charge in [-0.3, -0.25) is 0 Å². The first-order valence-corrected chi connectivity index (χ1v) is 7.05. The average Bonchev–Trinajstić information content (AvgIpc) is 3.01. The molecule has 1 aromatic carbocycles. The normalized spacial score (nSPS) is 20.9. The monoisotopic (exact) mass is 271 g/mol. The van der Waals surface area contributed by atoms with E-state index in [-0.39, 0.29) is 5.54 Å². The van der Waals surface area contributed by atoms with E-state index in [1.54, 1.807) is 7.11 Å². The maximum Gasteiger partial charge on any atom is 0.119 e. The molecule has 1 unspecified atom stereocenters. The number of methoxy groups -OCH3 is 1. The SMILES string of the molecule is COc1ccc2c(c1)C(N)(CCc1nccn1C)CC2. The molecule has 4 heteroatoms. The third-order valence-corrected chi connectivity index (χ3v) is 4.41. The van der Waals surface area contributed by atoms with Crippen LogP contribution in [0, 0.1) is 0 Å². The number of aryl methyl sites for hydroxylation is 3. The number of benzene rings is 1. The highest BCUT2D eigenvalue weighted by atomic mass is 16.5. The van der Waals surface area contributed by atoms with Crippen molar-refractivity contribution in [2.24, 2.45) is 12.8 Å². The van der Waals surface area contributed by atoms with E-state index in [2.05, 4.69) is 21.7 Å². The number of hydrogen-bond acceptors (Lipinski definition) is 3. The van der Waals surface area contributed by atoms with Crippen LogP contribution in [0.1, 0.15) is 29.8 Å². The molecule has 1 aromatic heterocycles. The summed E-state index contributed by atoms with van der Waals surface area (Å²) in [6, 6.07) is 6.26. The van der Waals surface area contributed by atoms with Crippen LogP contribution in [0.2, 0.25) is 0 Å². The Bertz CT molecular complexity index is 620. The fourth-order valence-electron chi connectivity index (χ4n) is 3.09. The Balaban J connectivity index is 1.82. The van der Waals surface area contributed by atoms with Gasteiger partial charge in [0.1, 0.15) is 11.6 Å². The van der Waals surface area contributed by atoms with Crippen molar-refractivity contribution in [3.8, 4) is 5.75 Å². The van der Waals surface area contributed by atoms with Crippen LogP contribution in [0.5, 0.6) is 5.75 Å². The van der Waals surface area contributed by atoms with Crippen LogP contribution in [-0.4, -0.2) is 16.7 Å². The van der Waals surface area contributed by atoms with E-state index in [1.165, 1.54) is 11.1 Å². The van der Waals surface area contributed by atoms with Gasteiger partial charge in [-0.15, -0.1) is 0 Å². The topological polar surface area (TPSA) is 53.1 Å². The summed E-state index contributed by atoms with van der Waals surface area (Å²) in [5.74, 6) is 1.98. The van der Waals surface area contributed by atoms with Crippen LogP contribution in [0.25, 0.3) is 0 Å².